The van der Waals surface area contributed by atoms with Crippen molar-refractivity contribution in [3.8, 4) is 0 Å². The van der Waals surface area contributed by atoms with Crippen molar-refractivity contribution >= 4 is 27.7 Å². The molecular formula is C38H59N5O4S. The lowest BCUT2D eigenvalue weighted by Gasteiger charge is -2.29. The third-order valence-electron chi connectivity index (χ3n) is 9.24. The second-order valence-electron chi connectivity index (χ2n) is 13.3. The zero-order valence-corrected chi connectivity index (χ0v) is 29.9. The Morgan fingerprint density at radius 1 is 0.833 bits per heavy atom. The quantitative estimate of drug-likeness (QED) is 0.0561. The molecule has 10 heteroatoms. The topological polar surface area (TPSA) is 145 Å². The van der Waals surface area contributed by atoms with Gasteiger partial charge in [0, 0.05) is 18.7 Å². The Morgan fingerprint density at radius 3 is 1.96 bits per heavy atom. The zero-order chi connectivity index (χ0) is 34.6. The Balaban J connectivity index is 1.46. The number of hydrogen-bond acceptors (Lipinski definition) is 5. The number of nitrogen functional groups attached to an aromatic ring is 1. The number of likely N-dealkylation sites (tertiary alicyclic amines) is 1. The van der Waals surface area contributed by atoms with Crippen molar-refractivity contribution in [1.29, 1.82) is 5.41 Å². The average Bonchev–Trinajstić information content (AvgIpc) is 3.57. The summed E-state index contributed by atoms with van der Waals surface area (Å²) in [6.45, 7) is 2.92. The van der Waals surface area contributed by atoms with Crippen LogP contribution < -0.4 is 15.8 Å². The van der Waals surface area contributed by atoms with Crippen molar-refractivity contribution in [2.75, 3.05) is 12.3 Å². The smallest absolute Gasteiger partial charge is 0.243 e. The molecule has 5 N–H and O–H groups in total. The highest BCUT2D eigenvalue weighted by Gasteiger charge is 2.38. The number of benzene rings is 2. The maximum Gasteiger partial charge on any atom is 0.243 e. The second-order valence-corrected chi connectivity index (χ2v) is 15.2. The molecule has 0 unspecified atom stereocenters. The van der Waals surface area contributed by atoms with E-state index in [9.17, 15) is 18.0 Å². The van der Waals surface area contributed by atoms with Crippen LogP contribution in [0.1, 0.15) is 126 Å². The summed E-state index contributed by atoms with van der Waals surface area (Å²) in [5, 5.41) is 10.5. The van der Waals surface area contributed by atoms with E-state index in [1.54, 1.807) is 24.3 Å². The number of nitrogens with zero attached hydrogens (tertiary/aromatic N) is 1. The molecule has 48 heavy (non-hydrogen) atoms. The van der Waals surface area contributed by atoms with E-state index >= 15 is 0 Å². The maximum absolute atomic E-state index is 13.9. The number of amides is 2. The Kier molecular flexibility index (Phi) is 17.7. The Hall–Kier alpha value is -3.24. The van der Waals surface area contributed by atoms with Gasteiger partial charge in [-0.25, -0.2) is 13.1 Å². The van der Waals surface area contributed by atoms with E-state index in [4.69, 9.17) is 11.1 Å². The van der Waals surface area contributed by atoms with Crippen LogP contribution in [-0.4, -0.2) is 55.3 Å². The largest absolute Gasteiger partial charge is 0.384 e. The van der Waals surface area contributed by atoms with E-state index < -0.39 is 22.1 Å². The fourth-order valence-corrected chi connectivity index (χ4v) is 7.72. The van der Waals surface area contributed by atoms with Gasteiger partial charge in [-0.3, -0.25) is 15.0 Å². The summed E-state index contributed by atoms with van der Waals surface area (Å²) in [6, 6.07) is 14.8. The Morgan fingerprint density at radius 2 is 1.40 bits per heavy atom. The van der Waals surface area contributed by atoms with Gasteiger partial charge in [0.1, 0.15) is 17.9 Å². The minimum Gasteiger partial charge on any atom is -0.384 e. The third kappa shape index (κ3) is 14.5. The number of carbonyl (C=O) groups excluding carboxylic acids is 2. The van der Waals surface area contributed by atoms with Crippen LogP contribution in [0.4, 0.5) is 0 Å². The number of carbonyl (C=O) groups is 2. The molecule has 1 aliphatic heterocycles. The van der Waals surface area contributed by atoms with E-state index in [-0.39, 0.29) is 36.4 Å². The first-order chi connectivity index (χ1) is 23.2. The van der Waals surface area contributed by atoms with Crippen LogP contribution in [0.15, 0.2) is 54.6 Å². The molecular weight excluding hydrogens is 623 g/mol. The summed E-state index contributed by atoms with van der Waals surface area (Å²) >= 11 is 0. The van der Waals surface area contributed by atoms with Crippen molar-refractivity contribution in [3.63, 3.8) is 0 Å². The van der Waals surface area contributed by atoms with Crippen LogP contribution in [0.3, 0.4) is 0 Å². The standard InChI is InChI=1S/C38H59N5O4S/c1-2-3-4-5-6-7-8-9-10-11-12-13-14-18-28-48(46,47)42-34(29-31-20-16-15-17-21-31)38(45)43-27-19-22-35(43)37(44)41-30-32-23-25-33(26-24-32)36(39)40/h15-17,20-21,23-26,34-35,42H,2-14,18-19,22,27-30H2,1H3,(H3,39,40)(H,41,44)/t34-,35+/m1/s1. The van der Waals surface area contributed by atoms with Gasteiger partial charge in [0.2, 0.25) is 21.8 Å². The molecule has 1 heterocycles. The van der Waals surface area contributed by atoms with Gasteiger partial charge in [-0.2, -0.15) is 0 Å². The monoisotopic (exact) mass is 681 g/mol. The van der Waals surface area contributed by atoms with Gasteiger partial charge in [0.05, 0.1) is 5.75 Å². The minimum atomic E-state index is -3.71. The van der Waals surface area contributed by atoms with Crippen LogP contribution in [0.5, 0.6) is 0 Å². The molecule has 2 aromatic carbocycles. The van der Waals surface area contributed by atoms with Gasteiger partial charge in [0.25, 0.3) is 0 Å². The van der Waals surface area contributed by atoms with E-state index in [1.807, 2.05) is 30.3 Å². The normalized spacial score (nSPS) is 15.4. The third-order valence-corrected chi connectivity index (χ3v) is 10.7. The van der Waals surface area contributed by atoms with Crippen molar-refractivity contribution < 1.29 is 18.0 Å². The van der Waals surface area contributed by atoms with Gasteiger partial charge in [-0.05, 0) is 36.8 Å². The first-order valence-corrected chi connectivity index (χ1v) is 19.9. The molecule has 0 aromatic heterocycles. The van der Waals surface area contributed by atoms with Crippen molar-refractivity contribution in [2.24, 2.45) is 5.73 Å². The van der Waals surface area contributed by atoms with E-state index in [0.29, 0.717) is 31.4 Å². The molecule has 0 saturated carbocycles. The van der Waals surface area contributed by atoms with Crippen molar-refractivity contribution in [2.45, 2.75) is 135 Å². The zero-order valence-electron chi connectivity index (χ0n) is 29.1. The second kappa shape index (κ2) is 21.7. The molecule has 2 amide bonds. The summed E-state index contributed by atoms with van der Waals surface area (Å²) in [4.78, 5) is 28.7. The Bertz CT molecular complexity index is 1350. The molecule has 1 aliphatic rings. The fraction of sp³-hybridized carbons (Fsp3) is 0.605. The lowest BCUT2D eigenvalue weighted by molar-refractivity contribution is -0.139. The first-order valence-electron chi connectivity index (χ1n) is 18.3. The molecule has 0 aliphatic carbocycles. The summed E-state index contributed by atoms with van der Waals surface area (Å²) in [5.41, 5.74) is 7.84. The first kappa shape index (κ1) is 39.2. The van der Waals surface area contributed by atoms with E-state index in [0.717, 1.165) is 30.4 Å². The number of hydrogen-bond donors (Lipinski definition) is 4. The Labute approximate surface area is 289 Å². The molecule has 0 bridgehead atoms. The molecule has 2 aromatic rings. The maximum atomic E-state index is 13.9. The van der Waals surface area contributed by atoms with Crippen molar-refractivity contribution in [1.82, 2.24) is 14.9 Å². The molecule has 0 spiro atoms. The number of sulfonamides is 1. The van der Waals surface area contributed by atoms with Gasteiger partial charge in [-0.1, -0.05) is 145 Å². The summed E-state index contributed by atoms with van der Waals surface area (Å²) in [7, 11) is -3.71. The number of nitrogens with one attached hydrogen (secondary N) is 3. The van der Waals surface area contributed by atoms with Crippen LogP contribution in [0.2, 0.25) is 0 Å². The molecule has 9 nitrogen and oxygen atoms in total. The predicted molar refractivity (Wildman–Crippen MR) is 195 cm³/mol. The summed E-state index contributed by atoms with van der Waals surface area (Å²) in [6.07, 6.45) is 18.1. The number of rotatable bonds is 24. The lowest BCUT2D eigenvalue weighted by Crippen LogP contribution is -2.54. The SMILES string of the molecule is CCCCCCCCCCCCCCCCS(=O)(=O)N[C@H](Cc1ccccc1)C(=O)N1CCC[C@H]1C(=O)NCc1ccc(C(=N)N)cc1. The molecule has 2 atom stereocenters. The highest BCUT2D eigenvalue weighted by Crippen LogP contribution is 2.21. The average molecular weight is 682 g/mol. The molecule has 1 saturated heterocycles. The molecule has 0 radical (unpaired) electrons. The van der Waals surface area contributed by atoms with Gasteiger partial charge in [0.15, 0.2) is 0 Å². The molecule has 266 valence electrons. The fourth-order valence-electron chi connectivity index (χ4n) is 6.40. The van der Waals surface area contributed by atoms with E-state index in [1.165, 1.54) is 69.1 Å². The van der Waals surface area contributed by atoms with E-state index in [2.05, 4.69) is 17.0 Å². The molecule has 3 rings (SSSR count). The number of amidine groups is 1. The van der Waals surface area contributed by atoms with Crippen LogP contribution >= 0.6 is 0 Å². The van der Waals surface area contributed by atoms with Gasteiger partial charge in [-0.15, -0.1) is 0 Å². The number of unbranched alkanes of at least 4 members (excludes halogenated alkanes) is 13. The minimum absolute atomic E-state index is 0.0179. The van der Waals surface area contributed by atoms with Crippen LogP contribution in [-0.2, 0) is 32.6 Å². The lowest BCUT2D eigenvalue weighted by atomic mass is 10.0. The van der Waals surface area contributed by atoms with Crippen LogP contribution in [0, 0.1) is 5.41 Å². The van der Waals surface area contributed by atoms with Gasteiger partial charge >= 0.3 is 0 Å². The van der Waals surface area contributed by atoms with Crippen LogP contribution in [0.25, 0.3) is 0 Å². The number of nitrogens with two attached hydrogens (primary N) is 1. The van der Waals surface area contributed by atoms with Gasteiger partial charge < -0.3 is 16.0 Å². The molecule has 1 fully saturated rings. The summed E-state index contributed by atoms with van der Waals surface area (Å²) in [5.74, 6) is -0.673. The van der Waals surface area contributed by atoms with Crippen molar-refractivity contribution in [3.05, 3.63) is 71.3 Å². The highest BCUT2D eigenvalue weighted by atomic mass is 32.2. The summed E-state index contributed by atoms with van der Waals surface area (Å²) < 4.78 is 29.2. The predicted octanol–water partition coefficient (Wildman–Crippen LogP) is 6.59. The highest BCUT2D eigenvalue weighted by molar-refractivity contribution is 7.89.